The van der Waals surface area contributed by atoms with Crippen LogP contribution in [0.5, 0.6) is 5.75 Å². The highest BCUT2D eigenvalue weighted by atomic mass is 16.3. The molecule has 4 aromatic rings. The molecule has 0 unspecified atom stereocenters. The second-order valence-electron chi connectivity index (χ2n) is 7.00. The second kappa shape index (κ2) is 8.57. The van der Waals surface area contributed by atoms with E-state index in [9.17, 15) is 5.11 Å². The third-order valence-corrected chi connectivity index (χ3v) is 4.78. The van der Waals surface area contributed by atoms with Crippen molar-refractivity contribution in [1.29, 1.82) is 0 Å². The summed E-state index contributed by atoms with van der Waals surface area (Å²) in [5.41, 5.74) is 8.37. The van der Waals surface area contributed by atoms with Gasteiger partial charge in [-0.05, 0) is 43.2 Å². The van der Waals surface area contributed by atoms with Crippen molar-refractivity contribution in [2.24, 2.45) is 5.10 Å². The lowest BCUT2D eigenvalue weighted by atomic mass is 10.1. The Balaban J connectivity index is 1.70. The molecule has 0 radical (unpaired) electrons. The van der Waals surface area contributed by atoms with Gasteiger partial charge in [0, 0.05) is 17.2 Å². The van der Waals surface area contributed by atoms with E-state index in [-0.39, 0.29) is 5.75 Å². The largest absolute Gasteiger partial charge is 0.508 e. The Labute approximate surface area is 175 Å². The van der Waals surface area contributed by atoms with Gasteiger partial charge in [0.1, 0.15) is 5.75 Å². The van der Waals surface area contributed by atoms with E-state index in [1.807, 2.05) is 92.7 Å². The number of aromatic nitrogens is 2. The molecule has 0 saturated heterocycles. The smallest absolute Gasteiger partial charge is 0.162 e. The standard InChI is InChI=1S/C25H22N4O/c1-17-15-21(13-14-23(17)30)18(2)28-29-24-16-22(19-9-5-3-6-10-19)26-25(27-24)20-11-7-4-8-12-20/h3-16,30H,1-2H3,(H,26,27,29)/b28-18-. The van der Waals surface area contributed by atoms with Crippen molar-refractivity contribution in [3.8, 4) is 28.4 Å². The third-order valence-electron chi connectivity index (χ3n) is 4.78. The minimum absolute atomic E-state index is 0.273. The van der Waals surface area contributed by atoms with Crippen molar-refractivity contribution in [2.75, 3.05) is 5.43 Å². The molecular formula is C25H22N4O. The minimum atomic E-state index is 0.273. The maximum atomic E-state index is 9.74. The number of benzene rings is 3. The van der Waals surface area contributed by atoms with Gasteiger partial charge in [-0.1, -0.05) is 60.7 Å². The Kier molecular flexibility index (Phi) is 5.52. The normalized spacial score (nSPS) is 11.3. The topological polar surface area (TPSA) is 70.4 Å². The summed E-state index contributed by atoms with van der Waals surface area (Å²) in [5, 5.41) is 14.2. The number of hydrogen-bond acceptors (Lipinski definition) is 5. The lowest BCUT2D eigenvalue weighted by molar-refractivity contribution is 0.471. The molecule has 4 rings (SSSR count). The van der Waals surface area contributed by atoms with Crippen molar-refractivity contribution in [2.45, 2.75) is 13.8 Å². The van der Waals surface area contributed by atoms with Gasteiger partial charge in [0.15, 0.2) is 11.6 Å². The molecule has 148 valence electrons. The number of phenolic OH excluding ortho intramolecular Hbond substituents is 1. The summed E-state index contributed by atoms with van der Waals surface area (Å²) in [7, 11) is 0. The van der Waals surface area contributed by atoms with Crippen LogP contribution in [0.25, 0.3) is 22.6 Å². The summed E-state index contributed by atoms with van der Waals surface area (Å²) in [6, 6.07) is 27.2. The van der Waals surface area contributed by atoms with E-state index in [2.05, 4.69) is 15.5 Å². The first-order chi connectivity index (χ1) is 14.6. The lowest BCUT2D eigenvalue weighted by Gasteiger charge is -2.09. The molecule has 30 heavy (non-hydrogen) atoms. The fourth-order valence-corrected chi connectivity index (χ4v) is 3.06. The van der Waals surface area contributed by atoms with Crippen LogP contribution in [-0.4, -0.2) is 20.8 Å². The number of hydrazone groups is 1. The fraction of sp³-hybridized carbons (Fsp3) is 0.0800. The molecule has 0 amide bonds. The molecule has 1 aromatic heterocycles. The van der Waals surface area contributed by atoms with Crippen molar-refractivity contribution < 1.29 is 5.11 Å². The van der Waals surface area contributed by atoms with Crippen LogP contribution in [0.3, 0.4) is 0 Å². The van der Waals surface area contributed by atoms with Crippen molar-refractivity contribution in [1.82, 2.24) is 9.97 Å². The molecule has 0 saturated carbocycles. The molecule has 5 heteroatoms. The minimum Gasteiger partial charge on any atom is -0.508 e. The van der Waals surface area contributed by atoms with Crippen LogP contribution in [0.2, 0.25) is 0 Å². The number of phenols is 1. The zero-order valence-corrected chi connectivity index (χ0v) is 16.9. The number of nitrogens with one attached hydrogen (secondary N) is 1. The monoisotopic (exact) mass is 394 g/mol. The van der Waals surface area contributed by atoms with E-state index in [1.165, 1.54) is 0 Å². The zero-order valence-electron chi connectivity index (χ0n) is 16.9. The van der Waals surface area contributed by atoms with Gasteiger partial charge in [-0.2, -0.15) is 5.10 Å². The quantitative estimate of drug-likeness (QED) is 0.338. The van der Waals surface area contributed by atoms with Crippen LogP contribution in [0.15, 0.2) is 90.0 Å². The summed E-state index contributed by atoms with van der Waals surface area (Å²) in [4.78, 5) is 9.41. The molecule has 1 heterocycles. The lowest BCUT2D eigenvalue weighted by Crippen LogP contribution is -2.03. The van der Waals surface area contributed by atoms with E-state index in [0.717, 1.165) is 33.7 Å². The number of anilines is 1. The number of aromatic hydroxyl groups is 1. The third kappa shape index (κ3) is 4.36. The first-order valence-corrected chi connectivity index (χ1v) is 9.70. The molecule has 0 aliphatic rings. The molecule has 0 spiro atoms. The second-order valence-corrected chi connectivity index (χ2v) is 7.00. The number of rotatable bonds is 5. The zero-order chi connectivity index (χ0) is 20.9. The first-order valence-electron chi connectivity index (χ1n) is 9.70. The van der Waals surface area contributed by atoms with Crippen LogP contribution in [0.1, 0.15) is 18.1 Å². The Morgan fingerprint density at radius 2 is 1.50 bits per heavy atom. The van der Waals surface area contributed by atoms with Crippen LogP contribution in [0, 0.1) is 6.92 Å². The average Bonchev–Trinajstić information content (AvgIpc) is 2.80. The first kappa shape index (κ1) is 19.3. The molecule has 3 aromatic carbocycles. The van der Waals surface area contributed by atoms with Crippen molar-refractivity contribution >= 4 is 11.5 Å². The van der Waals surface area contributed by atoms with Gasteiger partial charge >= 0.3 is 0 Å². The van der Waals surface area contributed by atoms with E-state index in [4.69, 9.17) is 4.98 Å². The molecule has 2 N–H and O–H groups in total. The van der Waals surface area contributed by atoms with E-state index in [0.29, 0.717) is 11.6 Å². The molecule has 0 aliphatic carbocycles. The summed E-state index contributed by atoms with van der Waals surface area (Å²) in [6.07, 6.45) is 0. The van der Waals surface area contributed by atoms with Gasteiger partial charge in [-0.3, -0.25) is 5.43 Å². The Morgan fingerprint density at radius 1 is 0.833 bits per heavy atom. The Hall–Kier alpha value is -3.99. The van der Waals surface area contributed by atoms with Crippen LogP contribution in [-0.2, 0) is 0 Å². The van der Waals surface area contributed by atoms with Gasteiger partial charge in [-0.25, -0.2) is 9.97 Å². The Morgan fingerprint density at radius 3 is 2.17 bits per heavy atom. The van der Waals surface area contributed by atoms with Crippen LogP contribution < -0.4 is 5.43 Å². The summed E-state index contributed by atoms with van der Waals surface area (Å²) >= 11 is 0. The van der Waals surface area contributed by atoms with E-state index in [1.54, 1.807) is 6.07 Å². The maximum absolute atomic E-state index is 9.74. The molecular weight excluding hydrogens is 372 g/mol. The van der Waals surface area contributed by atoms with Gasteiger partial charge in [-0.15, -0.1) is 0 Å². The SMILES string of the molecule is C/C(=N/Nc1cc(-c2ccccc2)nc(-c2ccccc2)n1)c1ccc(O)c(C)c1. The summed E-state index contributed by atoms with van der Waals surface area (Å²) in [6.45, 7) is 3.78. The van der Waals surface area contributed by atoms with Gasteiger partial charge in [0.25, 0.3) is 0 Å². The molecule has 0 atom stereocenters. The number of aryl methyl sites for hydroxylation is 1. The van der Waals surface area contributed by atoms with Gasteiger partial charge in [0.05, 0.1) is 11.4 Å². The van der Waals surface area contributed by atoms with Crippen LogP contribution in [0.4, 0.5) is 5.82 Å². The highest BCUT2D eigenvalue weighted by molar-refractivity contribution is 5.99. The number of hydrogen-bond donors (Lipinski definition) is 2. The Bertz CT molecular complexity index is 1130. The molecule has 0 aliphatic heterocycles. The maximum Gasteiger partial charge on any atom is 0.162 e. The van der Waals surface area contributed by atoms with Crippen LogP contribution >= 0.6 is 0 Å². The van der Waals surface area contributed by atoms with Gasteiger partial charge in [0.2, 0.25) is 0 Å². The van der Waals surface area contributed by atoms with Gasteiger partial charge < -0.3 is 5.11 Å². The average molecular weight is 394 g/mol. The van der Waals surface area contributed by atoms with Crippen molar-refractivity contribution in [3.05, 3.63) is 96.1 Å². The molecule has 0 fully saturated rings. The van der Waals surface area contributed by atoms with Crippen molar-refractivity contribution in [3.63, 3.8) is 0 Å². The summed E-state index contributed by atoms with van der Waals surface area (Å²) in [5.74, 6) is 1.51. The van der Waals surface area contributed by atoms with E-state index >= 15 is 0 Å². The highest BCUT2D eigenvalue weighted by Crippen LogP contribution is 2.24. The fourth-order valence-electron chi connectivity index (χ4n) is 3.06. The summed E-state index contributed by atoms with van der Waals surface area (Å²) < 4.78 is 0. The number of nitrogens with zero attached hydrogens (tertiary/aromatic N) is 3. The van der Waals surface area contributed by atoms with E-state index < -0.39 is 0 Å². The predicted octanol–water partition coefficient (Wildman–Crippen LogP) is 5.66. The molecule has 0 bridgehead atoms. The predicted molar refractivity (Wildman–Crippen MR) is 122 cm³/mol. The molecule has 5 nitrogen and oxygen atoms in total. The highest BCUT2D eigenvalue weighted by Gasteiger charge is 2.09.